The standard InChI is InChI=1S/C29H24OSi2/c1-2-5-20-13-26-18-29-22(14-24(26)12-19(20)4-1)6-7-23-15-25-16-27(32-11-3-10-30-31-32)9-8-21(25)17-28(23)29/h1-2,4-9,12-18,32H,3,10-11,31H2. The summed E-state index contributed by atoms with van der Waals surface area (Å²) in [4.78, 5) is 0. The molecule has 0 N–H and O–H groups in total. The topological polar surface area (TPSA) is 9.23 Å². The monoisotopic (exact) mass is 444 g/mol. The molecule has 1 nitrogen and oxygen atoms in total. The summed E-state index contributed by atoms with van der Waals surface area (Å²) < 4.78 is 5.93. The van der Waals surface area contributed by atoms with Gasteiger partial charge in [0.1, 0.15) is 0 Å². The van der Waals surface area contributed by atoms with Gasteiger partial charge in [-0.3, -0.25) is 0 Å². The smallest absolute Gasteiger partial charge is 0.152 e. The Morgan fingerprint density at radius 1 is 0.562 bits per heavy atom. The van der Waals surface area contributed by atoms with Crippen LogP contribution < -0.4 is 5.19 Å². The molecule has 7 rings (SSSR count). The Morgan fingerprint density at radius 3 is 1.81 bits per heavy atom. The van der Waals surface area contributed by atoms with Crippen LogP contribution in [0.2, 0.25) is 6.04 Å². The molecular weight excluding hydrogens is 420 g/mol. The summed E-state index contributed by atoms with van der Waals surface area (Å²) in [6, 6.07) is 36.1. The van der Waals surface area contributed by atoms with Crippen molar-refractivity contribution in [2.24, 2.45) is 0 Å². The lowest BCUT2D eigenvalue weighted by atomic mass is 9.95. The first-order valence-corrected chi connectivity index (χ1v) is 16.9. The van der Waals surface area contributed by atoms with Gasteiger partial charge in [-0.05, 0) is 96.7 Å². The highest BCUT2D eigenvalue weighted by Gasteiger charge is 2.19. The second-order valence-corrected chi connectivity index (χ2v) is 16.6. The van der Waals surface area contributed by atoms with Gasteiger partial charge in [0.05, 0.1) is 8.31 Å². The minimum Gasteiger partial charge on any atom is -0.427 e. The first-order chi connectivity index (χ1) is 15.8. The maximum atomic E-state index is 5.93. The number of fused-ring (bicyclic) bond motifs is 6. The van der Waals surface area contributed by atoms with Crippen LogP contribution in [0.3, 0.4) is 0 Å². The van der Waals surface area contributed by atoms with E-state index in [1.165, 1.54) is 66.3 Å². The normalized spacial score (nSPS) is 17.8. The fraction of sp³-hybridized carbons (Fsp3) is 0.103. The average Bonchev–Trinajstić information content (AvgIpc) is 2.85. The Bertz CT molecular complexity index is 1670. The number of hydrogen-bond acceptors (Lipinski definition) is 1. The molecule has 154 valence electrons. The first-order valence-electron chi connectivity index (χ1n) is 11.6. The molecule has 0 aromatic heterocycles. The zero-order chi connectivity index (χ0) is 21.1. The van der Waals surface area contributed by atoms with Crippen molar-refractivity contribution in [3.8, 4) is 0 Å². The lowest BCUT2D eigenvalue weighted by Crippen LogP contribution is -2.41. The molecule has 1 unspecified atom stereocenters. The third kappa shape index (κ3) is 3.00. The highest BCUT2D eigenvalue weighted by atomic mass is 29.2. The van der Waals surface area contributed by atoms with Crippen LogP contribution in [0.1, 0.15) is 6.42 Å². The van der Waals surface area contributed by atoms with E-state index < -0.39 is 8.31 Å². The molecule has 1 atom stereocenters. The molecular formula is C29H24OSi2. The van der Waals surface area contributed by atoms with Gasteiger partial charge < -0.3 is 4.43 Å². The molecule has 1 saturated heterocycles. The SMILES string of the molecule is c1ccc2cc3cc4c(ccc5cc6cc([SiH]7CCCO[SiH2]7)ccc6cc54)cc3cc2c1. The van der Waals surface area contributed by atoms with Gasteiger partial charge in [0.2, 0.25) is 0 Å². The van der Waals surface area contributed by atoms with Crippen molar-refractivity contribution in [2.45, 2.75) is 12.5 Å². The molecule has 3 heteroatoms. The van der Waals surface area contributed by atoms with Gasteiger partial charge in [-0.25, -0.2) is 0 Å². The molecule has 32 heavy (non-hydrogen) atoms. The number of hydrogen-bond donors (Lipinski definition) is 0. The summed E-state index contributed by atoms with van der Waals surface area (Å²) in [7, 11) is -1.13. The average molecular weight is 445 g/mol. The molecule has 1 aliphatic heterocycles. The van der Waals surface area contributed by atoms with Gasteiger partial charge in [0.25, 0.3) is 0 Å². The van der Waals surface area contributed by atoms with E-state index in [0.29, 0.717) is 0 Å². The van der Waals surface area contributed by atoms with E-state index in [-0.39, 0.29) is 9.28 Å². The van der Waals surface area contributed by atoms with Gasteiger partial charge in [-0.1, -0.05) is 65.8 Å². The molecule has 6 aromatic rings. The van der Waals surface area contributed by atoms with Crippen molar-refractivity contribution in [1.82, 2.24) is 0 Å². The van der Waals surface area contributed by atoms with Crippen LogP contribution in [0.4, 0.5) is 0 Å². The highest BCUT2D eigenvalue weighted by molar-refractivity contribution is 7.17. The van der Waals surface area contributed by atoms with Gasteiger partial charge in [0.15, 0.2) is 9.28 Å². The lowest BCUT2D eigenvalue weighted by molar-refractivity contribution is 0.336. The van der Waals surface area contributed by atoms with Crippen LogP contribution >= 0.6 is 0 Å². The molecule has 0 amide bonds. The van der Waals surface area contributed by atoms with Gasteiger partial charge in [0, 0.05) is 6.61 Å². The van der Waals surface area contributed by atoms with Crippen LogP contribution in [0.5, 0.6) is 0 Å². The quantitative estimate of drug-likeness (QED) is 0.175. The fourth-order valence-electron chi connectivity index (χ4n) is 5.52. The van der Waals surface area contributed by atoms with Gasteiger partial charge in [-0.15, -0.1) is 0 Å². The molecule has 1 aliphatic rings. The predicted octanol–water partition coefficient (Wildman–Crippen LogP) is 5.89. The van der Waals surface area contributed by atoms with Crippen LogP contribution in [0.25, 0.3) is 53.9 Å². The Kier molecular flexibility index (Phi) is 4.22. The van der Waals surface area contributed by atoms with Crippen LogP contribution in [0.15, 0.2) is 91.0 Å². The summed E-state index contributed by atoms with van der Waals surface area (Å²) in [6.07, 6.45) is 1.26. The van der Waals surface area contributed by atoms with Crippen LogP contribution in [-0.4, -0.2) is 24.2 Å². The van der Waals surface area contributed by atoms with E-state index in [9.17, 15) is 0 Å². The second-order valence-electron chi connectivity index (χ2n) is 9.28. The molecule has 0 spiro atoms. The van der Waals surface area contributed by atoms with E-state index in [4.69, 9.17) is 4.43 Å². The lowest BCUT2D eigenvalue weighted by Gasteiger charge is -2.21. The zero-order valence-electron chi connectivity index (χ0n) is 18.0. The highest BCUT2D eigenvalue weighted by Crippen LogP contribution is 2.33. The fourth-order valence-corrected chi connectivity index (χ4v) is 12.4. The molecule has 0 aliphatic carbocycles. The van der Waals surface area contributed by atoms with Crippen molar-refractivity contribution >= 4 is 76.6 Å². The van der Waals surface area contributed by atoms with Crippen molar-refractivity contribution in [2.75, 3.05) is 6.61 Å². The number of benzene rings is 6. The maximum absolute atomic E-state index is 5.93. The third-order valence-electron chi connectivity index (χ3n) is 7.27. The van der Waals surface area contributed by atoms with Crippen LogP contribution in [0, 0.1) is 0 Å². The first kappa shape index (κ1) is 18.6. The van der Waals surface area contributed by atoms with E-state index in [1.807, 2.05) is 0 Å². The van der Waals surface area contributed by atoms with Gasteiger partial charge in [-0.2, -0.15) is 0 Å². The minimum atomic E-state index is -0.827. The van der Waals surface area contributed by atoms with Crippen molar-refractivity contribution < 1.29 is 4.43 Å². The summed E-state index contributed by atoms with van der Waals surface area (Å²) in [5.74, 6) is 0. The molecule has 0 radical (unpaired) electrons. The summed E-state index contributed by atoms with van der Waals surface area (Å²) >= 11 is 0. The predicted molar refractivity (Wildman–Crippen MR) is 145 cm³/mol. The number of rotatable bonds is 1. The summed E-state index contributed by atoms with van der Waals surface area (Å²) in [5, 5.41) is 14.9. The summed E-state index contributed by atoms with van der Waals surface area (Å²) in [6.45, 7) is 1.01. The van der Waals surface area contributed by atoms with Gasteiger partial charge >= 0.3 is 0 Å². The summed E-state index contributed by atoms with van der Waals surface area (Å²) in [5.41, 5.74) is 0. The Labute approximate surface area is 191 Å². The molecule has 6 aromatic carbocycles. The molecule has 0 bridgehead atoms. The molecule has 1 fully saturated rings. The maximum Gasteiger partial charge on any atom is 0.152 e. The van der Waals surface area contributed by atoms with Crippen molar-refractivity contribution in [3.05, 3.63) is 91.0 Å². The zero-order valence-corrected chi connectivity index (χ0v) is 20.5. The minimum absolute atomic E-state index is 0.308. The van der Waals surface area contributed by atoms with E-state index in [1.54, 1.807) is 5.19 Å². The molecule has 1 heterocycles. The Hall–Kier alpha value is -2.99. The van der Waals surface area contributed by atoms with Crippen molar-refractivity contribution in [1.29, 1.82) is 0 Å². The van der Waals surface area contributed by atoms with Crippen molar-refractivity contribution in [3.63, 3.8) is 0 Å². The van der Waals surface area contributed by atoms with E-state index >= 15 is 0 Å². The molecule has 0 saturated carbocycles. The third-order valence-corrected chi connectivity index (χ3v) is 15.2. The second kappa shape index (κ2) is 7.27. The van der Waals surface area contributed by atoms with E-state index in [2.05, 4.69) is 91.0 Å². The largest absolute Gasteiger partial charge is 0.427 e. The van der Waals surface area contributed by atoms with E-state index in [0.717, 1.165) is 6.61 Å². The Balaban J connectivity index is 1.44. The van der Waals surface area contributed by atoms with Crippen LogP contribution in [-0.2, 0) is 4.43 Å². The Morgan fingerprint density at radius 2 is 1.12 bits per heavy atom.